The van der Waals surface area contributed by atoms with E-state index in [-0.39, 0.29) is 12.6 Å². The number of rotatable bonds is 5. The summed E-state index contributed by atoms with van der Waals surface area (Å²) >= 11 is 0. The fourth-order valence-corrected chi connectivity index (χ4v) is 3.90. The number of nitrogens with zero attached hydrogens (tertiary/aromatic N) is 3. The molecule has 0 bridgehead atoms. The predicted molar refractivity (Wildman–Crippen MR) is 78.0 cm³/mol. The van der Waals surface area contributed by atoms with Gasteiger partial charge in [0.25, 0.3) is 16.1 Å². The Bertz CT molecular complexity index is 589. The van der Waals surface area contributed by atoms with Gasteiger partial charge in [-0.05, 0) is 31.6 Å². The maximum absolute atomic E-state index is 12.2. The van der Waals surface area contributed by atoms with Crippen LogP contribution in [-0.2, 0) is 21.5 Å². The van der Waals surface area contributed by atoms with Gasteiger partial charge in [0, 0.05) is 19.7 Å². The highest BCUT2D eigenvalue weighted by Crippen LogP contribution is 2.26. The molecule has 1 atom stereocenters. The molecule has 0 radical (unpaired) electrons. The third-order valence-corrected chi connectivity index (χ3v) is 5.74. The van der Waals surface area contributed by atoms with Crippen molar-refractivity contribution in [2.75, 3.05) is 19.7 Å². The molecule has 9 heteroatoms. The van der Waals surface area contributed by atoms with Crippen LogP contribution in [0.15, 0.2) is 4.52 Å². The molecule has 0 spiro atoms. The van der Waals surface area contributed by atoms with Gasteiger partial charge in [-0.25, -0.2) is 0 Å². The Kier molecular flexibility index (Phi) is 4.76. The zero-order valence-electron chi connectivity index (χ0n) is 12.7. The van der Waals surface area contributed by atoms with Crippen LogP contribution in [-0.4, -0.2) is 42.6 Å². The molecule has 0 aromatic carbocycles. The van der Waals surface area contributed by atoms with Gasteiger partial charge in [0.15, 0.2) is 5.82 Å². The first-order valence-corrected chi connectivity index (χ1v) is 9.17. The van der Waals surface area contributed by atoms with Gasteiger partial charge in [-0.2, -0.15) is 22.4 Å². The highest BCUT2D eigenvalue weighted by atomic mass is 32.2. The standard InChI is InChI=1S/C13H22N4O4S/c1-10-4-6-17(7-5-10)22(18,19)14-9-12-15-13(21-16-12)11-3-2-8-20-11/h10-11,14H,2-9H2,1H3. The van der Waals surface area contributed by atoms with E-state index in [0.29, 0.717) is 37.3 Å². The summed E-state index contributed by atoms with van der Waals surface area (Å²) in [6.07, 6.45) is 3.47. The van der Waals surface area contributed by atoms with Crippen molar-refractivity contribution in [1.29, 1.82) is 0 Å². The van der Waals surface area contributed by atoms with Gasteiger partial charge in [0.2, 0.25) is 0 Å². The first-order valence-electron chi connectivity index (χ1n) is 7.73. The van der Waals surface area contributed by atoms with Crippen molar-refractivity contribution in [3.8, 4) is 0 Å². The number of ether oxygens (including phenoxy) is 1. The number of hydrogen-bond acceptors (Lipinski definition) is 6. The largest absolute Gasteiger partial charge is 0.368 e. The lowest BCUT2D eigenvalue weighted by Gasteiger charge is -2.29. The molecule has 2 saturated heterocycles. The summed E-state index contributed by atoms with van der Waals surface area (Å²) in [5.41, 5.74) is 0. The van der Waals surface area contributed by atoms with Crippen LogP contribution < -0.4 is 4.72 Å². The second-order valence-corrected chi connectivity index (χ2v) is 7.71. The van der Waals surface area contributed by atoms with E-state index in [1.807, 2.05) is 0 Å². The van der Waals surface area contributed by atoms with Crippen LogP contribution in [0.1, 0.15) is 50.4 Å². The van der Waals surface area contributed by atoms with E-state index in [2.05, 4.69) is 21.8 Å². The monoisotopic (exact) mass is 330 g/mol. The van der Waals surface area contributed by atoms with Crippen LogP contribution in [0.2, 0.25) is 0 Å². The first-order chi connectivity index (χ1) is 10.5. The molecule has 1 aromatic heterocycles. The third kappa shape index (κ3) is 3.65. The van der Waals surface area contributed by atoms with E-state index in [0.717, 1.165) is 25.7 Å². The van der Waals surface area contributed by atoms with Crippen LogP contribution in [0.25, 0.3) is 0 Å². The van der Waals surface area contributed by atoms with E-state index in [1.54, 1.807) is 0 Å². The minimum Gasteiger partial charge on any atom is -0.368 e. The molecule has 0 saturated carbocycles. The van der Waals surface area contributed by atoms with Crippen LogP contribution >= 0.6 is 0 Å². The predicted octanol–water partition coefficient (Wildman–Crippen LogP) is 0.987. The number of piperidine rings is 1. The maximum Gasteiger partial charge on any atom is 0.279 e. The molecule has 8 nitrogen and oxygen atoms in total. The van der Waals surface area contributed by atoms with Gasteiger partial charge in [-0.15, -0.1) is 0 Å². The second kappa shape index (κ2) is 6.61. The average Bonchev–Trinajstić information content (AvgIpc) is 3.17. The first kappa shape index (κ1) is 15.9. The van der Waals surface area contributed by atoms with Crippen molar-refractivity contribution in [2.24, 2.45) is 5.92 Å². The van der Waals surface area contributed by atoms with Gasteiger partial charge in [-0.1, -0.05) is 12.1 Å². The molecule has 22 heavy (non-hydrogen) atoms. The lowest BCUT2D eigenvalue weighted by Crippen LogP contribution is -2.44. The van der Waals surface area contributed by atoms with Crippen LogP contribution in [0.3, 0.4) is 0 Å². The quantitative estimate of drug-likeness (QED) is 0.864. The Morgan fingerprint density at radius 1 is 1.32 bits per heavy atom. The van der Waals surface area contributed by atoms with Gasteiger partial charge in [-0.3, -0.25) is 0 Å². The van der Waals surface area contributed by atoms with E-state index in [4.69, 9.17) is 9.26 Å². The fourth-order valence-electron chi connectivity index (χ4n) is 2.71. The minimum atomic E-state index is -3.48. The summed E-state index contributed by atoms with van der Waals surface area (Å²) in [5, 5.41) is 3.81. The second-order valence-electron chi connectivity index (χ2n) is 5.96. The molecule has 124 valence electrons. The average molecular weight is 330 g/mol. The molecule has 1 unspecified atom stereocenters. The molecule has 1 N–H and O–H groups in total. The number of hydrogen-bond donors (Lipinski definition) is 1. The van der Waals surface area contributed by atoms with Crippen LogP contribution in [0.5, 0.6) is 0 Å². The van der Waals surface area contributed by atoms with Crippen molar-refractivity contribution in [1.82, 2.24) is 19.2 Å². The maximum atomic E-state index is 12.2. The van der Waals surface area contributed by atoms with E-state index < -0.39 is 10.2 Å². The molecule has 2 aliphatic rings. The summed E-state index contributed by atoms with van der Waals surface area (Å²) in [7, 11) is -3.48. The molecule has 3 heterocycles. The summed E-state index contributed by atoms with van der Waals surface area (Å²) in [6.45, 7) is 3.99. The fraction of sp³-hybridized carbons (Fsp3) is 0.846. The highest BCUT2D eigenvalue weighted by molar-refractivity contribution is 7.87. The lowest BCUT2D eigenvalue weighted by atomic mass is 10.0. The Morgan fingerprint density at radius 2 is 2.09 bits per heavy atom. The Hall–Kier alpha value is -1.03. The van der Waals surface area contributed by atoms with Crippen molar-refractivity contribution in [3.05, 3.63) is 11.7 Å². The van der Waals surface area contributed by atoms with Crippen LogP contribution in [0, 0.1) is 5.92 Å². The number of nitrogens with one attached hydrogen (secondary N) is 1. The molecule has 2 aliphatic heterocycles. The SMILES string of the molecule is CC1CCN(S(=O)(=O)NCc2noc(C3CCCO3)n2)CC1. The lowest BCUT2D eigenvalue weighted by molar-refractivity contribution is 0.0835. The Labute approximate surface area is 130 Å². The zero-order chi connectivity index (χ0) is 15.6. The Balaban J connectivity index is 1.55. The Morgan fingerprint density at radius 3 is 2.77 bits per heavy atom. The minimum absolute atomic E-state index is 0.0323. The van der Waals surface area contributed by atoms with Crippen molar-refractivity contribution < 1.29 is 17.7 Å². The molecular weight excluding hydrogens is 308 g/mol. The zero-order valence-corrected chi connectivity index (χ0v) is 13.5. The van der Waals surface area contributed by atoms with Gasteiger partial charge < -0.3 is 9.26 Å². The molecule has 0 amide bonds. The van der Waals surface area contributed by atoms with Crippen molar-refractivity contribution >= 4 is 10.2 Å². The smallest absolute Gasteiger partial charge is 0.279 e. The van der Waals surface area contributed by atoms with Gasteiger partial charge >= 0.3 is 0 Å². The molecule has 2 fully saturated rings. The van der Waals surface area contributed by atoms with Gasteiger partial charge in [0.05, 0.1) is 6.54 Å². The van der Waals surface area contributed by atoms with Gasteiger partial charge in [0.1, 0.15) is 6.10 Å². The molecule has 3 rings (SSSR count). The normalized spacial score (nSPS) is 24.9. The molecular formula is C13H22N4O4S. The summed E-state index contributed by atoms with van der Waals surface area (Å²) in [5.74, 6) is 1.34. The third-order valence-electron chi connectivity index (χ3n) is 4.18. The summed E-state index contributed by atoms with van der Waals surface area (Å²) in [6, 6.07) is 0. The summed E-state index contributed by atoms with van der Waals surface area (Å²) in [4.78, 5) is 4.20. The van der Waals surface area contributed by atoms with E-state index in [9.17, 15) is 8.42 Å². The highest BCUT2D eigenvalue weighted by Gasteiger charge is 2.27. The molecule has 1 aromatic rings. The topological polar surface area (TPSA) is 97.6 Å². The van der Waals surface area contributed by atoms with Crippen LogP contribution in [0.4, 0.5) is 0 Å². The number of aromatic nitrogens is 2. The summed E-state index contributed by atoms with van der Waals surface area (Å²) < 4.78 is 39.1. The van der Waals surface area contributed by atoms with E-state index in [1.165, 1.54) is 4.31 Å². The molecule has 0 aliphatic carbocycles. The van der Waals surface area contributed by atoms with Crippen molar-refractivity contribution in [2.45, 2.75) is 45.3 Å². The van der Waals surface area contributed by atoms with Crippen molar-refractivity contribution in [3.63, 3.8) is 0 Å². The van der Waals surface area contributed by atoms with E-state index >= 15 is 0 Å².